The third kappa shape index (κ3) is 12.7. The Morgan fingerprint density at radius 2 is 0.770 bits per heavy atom. The van der Waals surface area contributed by atoms with Crippen molar-refractivity contribution in [3.05, 3.63) is 85.5 Å². The second-order valence-corrected chi connectivity index (χ2v) is 32.5. The maximum absolute atomic E-state index is 6.70. The van der Waals surface area contributed by atoms with E-state index in [0.717, 1.165) is 75.2 Å². The number of fused-ring (bicyclic) bond motifs is 9. The number of alkyl halides is 1. The Morgan fingerprint density at radius 1 is 0.448 bits per heavy atom. The van der Waals surface area contributed by atoms with Crippen LogP contribution in [0, 0.1) is 85.8 Å². The van der Waals surface area contributed by atoms with E-state index in [1.54, 1.807) is 24.8 Å². The van der Waals surface area contributed by atoms with Crippen LogP contribution in [0.5, 0.6) is 11.5 Å². The zero-order valence-electron chi connectivity index (χ0n) is 54.8. The summed E-state index contributed by atoms with van der Waals surface area (Å²) in [5, 5.41) is 1.08. The van der Waals surface area contributed by atoms with Crippen LogP contribution in [0.3, 0.4) is 0 Å². The topological polar surface area (TPSA) is 99.6 Å². The molecule has 0 N–H and O–H groups in total. The van der Waals surface area contributed by atoms with Crippen LogP contribution < -0.4 is 9.47 Å². The molecule has 3 aliphatic heterocycles. The van der Waals surface area contributed by atoms with Crippen LogP contribution in [0.25, 0.3) is 0 Å². The van der Waals surface area contributed by atoms with Gasteiger partial charge >= 0.3 is 0 Å². The van der Waals surface area contributed by atoms with Crippen LogP contribution in [0.2, 0.25) is 0 Å². The summed E-state index contributed by atoms with van der Waals surface area (Å²) in [6, 6.07) is 7.82. The number of halogens is 1. The molecule has 12 aliphatic rings. The van der Waals surface area contributed by atoms with Gasteiger partial charge in [-0.25, -0.2) is 0 Å². The van der Waals surface area contributed by atoms with E-state index < -0.39 is 0 Å². The fraction of sp³-hybridized carbons (Fsp3) is 0.789. The Kier molecular flexibility index (Phi) is 20.1. The summed E-state index contributed by atoms with van der Waals surface area (Å²) in [5.41, 5.74) is 5.54. The highest BCUT2D eigenvalue weighted by Gasteiger charge is 2.64. The smallest absolute Gasteiger partial charge is 0.160 e. The van der Waals surface area contributed by atoms with E-state index >= 15 is 0 Å². The molecular formula is C76H113BrN2O8. The van der Waals surface area contributed by atoms with Gasteiger partial charge in [-0.3, -0.25) is 9.97 Å². The SMILES string of the molecule is C=C1CCC2[C@]3(C)CO[C@@H](C4CCCC4)O[C@@H]3CC[C@@]2(C)[C@@H]1CCBr.C=C1CCC2[C@]3(C)CO[C@@H](C4CCCC4)O[C@@H]3CC[C@@]2(C)[C@@H]1CCOc1cccnc1.C=C1CCC2[C@]3(C)CO[C@@H](C4CCCC4)O[C@@H]3CC[C@@]2(C)[C@@H]1CCOc1cccnc1. The second-order valence-electron chi connectivity index (χ2n) is 31.7. The largest absolute Gasteiger partial charge is 0.492 e. The standard InChI is InChI=1S/2C27H39NO3.C22H35BrO2/c2*1-19-10-11-23-26(2,22(19)13-16-29-21-9-6-15-28-17-21)14-12-24-27(23,3)18-30-25(31-24)20-7-4-5-8-20;1-15-8-9-18-21(2,17(15)11-13-23)12-10-19-22(18,3)14-24-20(25-19)16-6-4-5-7-16/h2*6,9,15,17,20,22-25H,1,4-5,7-8,10-14,16,18H2,2-3H3;16-20H,1,4-14H2,2-3H3/t2*22-,23?,24-,25-,26+,27+;17-,18?,19-,20-,21+,22+/m111/s1. The minimum Gasteiger partial charge on any atom is -0.492 e. The lowest BCUT2D eigenvalue weighted by molar-refractivity contribution is -0.316. The van der Waals surface area contributed by atoms with Crippen molar-refractivity contribution in [3.63, 3.8) is 0 Å². The lowest BCUT2D eigenvalue weighted by atomic mass is 9.46. The number of pyridine rings is 2. The van der Waals surface area contributed by atoms with Crippen molar-refractivity contribution in [2.75, 3.05) is 38.4 Å². The van der Waals surface area contributed by atoms with Gasteiger partial charge < -0.3 is 37.9 Å². The van der Waals surface area contributed by atoms with Gasteiger partial charge in [0.2, 0.25) is 0 Å². The van der Waals surface area contributed by atoms with E-state index in [1.807, 2.05) is 24.3 Å². The normalized spacial score (nSPS) is 43.0. The molecule has 0 bridgehead atoms. The minimum absolute atomic E-state index is 0.0344. The van der Waals surface area contributed by atoms with Crippen LogP contribution in [-0.2, 0) is 28.4 Å². The molecule has 2 aromatic heterocycles. The average molecular weight is 1260 g/mol. The first-order chi connectivity index (χ1) is 42.0. The molecule has 87 heavy (non-hydrogen) atoms. The fourth-order valence-corrected chi connectivity index (χ4v) is 22.6. The number of aromatic nitrogens is 2. The lowest BCUT2D eigenvalue weighted by Gasteiger charge is -2.63. The predicted molar refractivity (Wildman–Crippen MR) is 349 cm³/mol. The van der Waals surface area contributed by atoms with Crippen molar-refractivity contribution in [3.8, 4) is 11.5 Å². The highest BCUT2D eigenvalue weighted by molar-refractivity contribution is 9.09. The molecule has 0 amide bonds. The minimum atomic E-state index is 0.0344. The molecule has 3 saturated heterocycles. The van der Waals surface area contributed by atoms with Gasteiger partial charge in [-0.15, -0.1) is 0 Å². The summed E-state index contributed by atoms with van der Waals surface area (Å²) in [4.78, 5) is 8.33. The van der Waals surface area contributed by atoms with E-state index in [9.17, 15) is 0 Å². The molecule has 0 radical (unpaired) electrons. The number of nitrogens with zero attached hydrogens (tertiary/aromatic N) is 2. The molecule has 0 spiro atoms. The molecule has 11 heteroatoms. The highest BCUT2D eigenvalue weighted by atomic mass is 79.9. The zero-order valence-corrected chi connectivity index (χ0v) is 56.4. The summed E-state index contributed by atoms with van der Waals surface area (Å²) in [6.45, 7) is 32.5. The van der Waals surface area contributed by atoms with Gasteiger partial charge in [-0.05, 0) is 211 Å². The molecular weight excluding hydrogens is 1150 g/mol. The zero-order chi connectivity index (χ0) is 60.6. The first-order valence-electron chi connectivity index (χ1n) is 35.5. The fourth-order valence-electron chi connectivity index (χ4n) is 22.1. The third-order valence-electron chi connectivity index (χ3n) is 26.9. The van der Waals surface area contributed by atoms with Gasteiger partial charge in [0.15, 0.2) is 18.9 Å². The molecule has 0 aromatic carbocycles. The van der Waals surface area contributed by atoms with Crippen LogP contribution in [0.4, 0.5) is 0 Å². The molecule has 12 fully saturated rings. The van der Waals surface area contributed by atoms with Gasteiger partial charge in [0, 0.05) is 51.7 Å². The van der Waals surface area contributed by atoms with Crippen molar-refractivity contribution in [1.82, 2.24) is 9.97 Å². The molecule has 10 nitrogen and oxygen atoms in total. The number of rotatable bonds is 13. The molecule has 3 unspecified atom stereocenters. The van der Waals surface area contributed by atoms with Gasteiger partial charge in [-0.1, -0.05) is 132 Å². The molecule has 18 atom stereocenters. The number of hydrogen-bond donors (Lipinski definition) is 0. The van der Waals surface area contributed by atoms with Crippen LogP contribution in [0.1, 0.15) is 215 Å². The third-order valence-corrected chi connectivity index (χ3v) is 27.3. The molecule has 482 valence electrons. The summed E-state index contributed by atoms with van der Waals surface area (Å²) in [5.74, 6) is 7.12. The number of hydrogen-bond acceptors (Lipinski definition) is 10. The van der Waals surface area contributed by atoms with Crippen LogP contribution in [0.15, 0.2) is 85.5 Å². The van der Waals surface area contributed by atoms with Gasteiger partial charge in [-0.2, -0.15) is 0 Å². The van der Waals surface area contributed by atoms with Crippen LogP contribution >= 0.6 is 15.9 Å². The van der Waals surface area contributed by atoms with Crippen molar-refractivity contribution in [1.29, 1.82) is 0 Å². The second kappa shape index (κ2) is 27.1. The van der Waals surface area contributed by atoms with E-state index in [-0.39, 0.29) is 45.9 Å². The maximum atomic E-state index is 6.70. The molecule has 9 aliphatic carbocycles. The summed E-state index contributed by atoms with van der Waals surface area (Å²) >= 11 is 3.69. The van der Waals surface area contributed by atoms with Crippen LogP contribution in [-0.4, -0.2) is 85.5 Å². The van der Waals surface area contributed by atoms with Gasteiger partial charge in [0.25, 0.3) is 0 Å². The summed E-state index contributed by atoms with van der Waals surface area (Å²) < 4.78 is 51.4. The summed E-state index contributed by atoms with van der Waals surface area (Å²) in [7, 11) is 0. The Bertz CT molecular complexity index is 2490. The van der Waals surface area contributed by atoms with Crippen molar-refractivity contribution in [2.24, 2.45) is 85.8 Å². The van der Waals surface area contributed by atoms with Crippen molar-refractivity contribution < 1.29 is 37.9 Å². The number of allylic oxidation sites excluding steroid dienone is 3. The van der Waals surface area contributed by atoms with E-state index in [0.29, 0.717) is 90.2 Å². The molecule has 14 rings (SSSR count). The van der Waals surface area contributed by atoms with Gasteiger partial charge in [0.05, 0.1) is 63.7 Å². The molecule has 9 saturated carbocycles. The Balaban J connectivity index is 0.000000128. The maximum Gasteiger partial charge on any atom is 0.160 e. The van der Waals surface area contributed by atoms with E-state index in [1.165, 1.54) is 152 Å². The first kappa shape index (κ1) is 64.5. The van der Waals surface area contributed by atoms with E-state index in [2.05, 4.69) is 87.2 Å². The first-order valence-corrected chi connectivity index (χ1v) is 36.6. The summed E-state index contributed by atoms with van der Waals surface area (Å²) in [6.07, 6.45) is 41.7. The quantitative estimate of drug-likeness (QED) is 0.142. The molecule has 2 aromatic rings. The Morgan fingerprint density at radius 3 is 1.07 bits per heavy atom. The van der Waals surface area contributed by atoms with Crippen molar-refractivity contribution in [2.45, 2.75) is 252 Å². The number of ether oxygens (including phenoxy) is 8. The Labute approximate surface area is 534 Å². The lowest BCUT2D eigenvalue weighted by Crippen LogP contribution is -2.62. The Hall–Kier alpha value is -2.64. The monoisotopic (exact) mass is 1260 g/mol. The van der Waals surface area contributed by atoms with Crippen molar-refractivity contribution >= 4 is 15.9 Å². The highest BCUT2D eigenvalue weighted by Crippen LogP contribution is 2.67. The van der Waals surface area contributed by atoms with E-state index in [4.69, 9.17) is 37.9 Å². The predicted octanol–water partition coefficient (Wildman–Crippen LogP) is 18.4. The average Bonchev–Trinajstić information content (AvgIpc) is 1.26. The van der Waals surface area contributed by atoms with Gasteiger partial charge in [0.1, 0.15) is 11.5 Å². The molecule has 5 heterocycles.